The summed E-state index contributed by atoms with van der Waals surface area (Å²) < 4.78 is 35.5. The molecule has 0 saturated carbocycles. The summed E-state index contributed by atoms with van der Waals surface area (Å²) in [6.07, 6.45) is 0. The maximum absolute atomic E-state index is 12.4. The summed E-state index contributed by atoms with van der Waals surface area (Å²) in [4.78, 5) is 11.6. The van der Waals surface area contributed by atoms with Crippen LogP contribution in [-0.4, -0.2) is 59.6 Å². The molecule has 0 radical (unpaired) electrons. The number of likely N-dealkylation sites (N-methyl/N-ethyl adjacent to an activating group) is 1. The molecule has 9 heteroatoms. The quantitative estimate of drug-likeness (QED) is 0.699. The maximum Gasteiger partial charge on any atom is 0.243 e. The van der Waals surface area contributed by atoms with Crippen LogP contribution >= 0.6 is 11.6 Å². The van der Waals surface area contributed by atoms with Crippen molar-refractivity contribution in [2.24, 2.45) is 0 Å². The first kappa shape index (κ1) is 18.7. The van der Waals surface area contributed by atoms with E-state index in [1.807, 2.05) is 0 Å². The van der Waals surface area contributed by atoms with Crippen LogP contribution in [0.15, 0.2) is 23.1 Å². The number of ether oxygens (including phenoxy) is 2. The number of nitrogens with one attached hydrogen (secondary N) is 1. The van der Waals surface area contributed by atoms with Gasteiger partial charge in [0.1, 0.15) is 5.75 Å². The lowest BCUT2D eigenvalue weighted by Crippen LogP contribution is -2.39. The van der Waals surface area contributed by atoms with Crippen molar-refractivity contribution in [3.63, 3.8) is 0 Å². The number of hydrogen-bond acceptors (Lipinski definition) is 5. The minimum atomic E-state index is -3.81. The number of benzene rings is 1. The van der Waals surface area contributed by atoms with Crippen molar-refractivity contribution in [1.82, 2.24) is 9.62 Å². The highest BCUT2D eigenvalue weighted by Gasteiger charge is 2.23. The molecule has 0 saturated heterocycles. The molecule has 0 aliphatic heterocycles. The summed E-state index contributed by atoms with van der Waals surface area (Å²) in [5, 5.41) is 2.73. The van der Waals surface area contributed by atoms with Gasteiger partial charge in [0.2, 0.25) is 15.9 Å². The fraction of sp³-hybridized carbons (Fsp3) is 0.462. The Kier molecular flexibility index (Phi) is 7.08. The summed E-state index contributed by atoms with van der Waals surface area (Å²) >= 11 is 5.93. The van der Waals surface area contributed by atoms with E-state index >= 15 is 0 Å². The van der Waals surface area contributed by atoms with Crippen LogP contribution in [0.4, 0.5) is 0 Å². The van der Waals surface area contributed by atoms with Crippen molar-refractivity contribution >= 4 is 27.5 Å². The number of rotatable bonds is 8. The molecule has 0 bridgehead atoms. The number of carbonyl (C=O) groups is 1. The fourth-order valence-corrected chi connectivity index (χ4v) is 3.10. The average molecular weight is 351 g/mol. The lowest BCUT2D eigenvalue weighted by molar-refractivity contribution is -0.121. The van der Waals surface area contributed by atoms with E-state index in [0.29, 0.717) is 18.9 Å². The summed E-state index contributed by atoms with van der Waals surface area (Å²) in [5.74, 6) is -0.0386. The van der Waals surface area contributed by atoms with Gasteiger partial charge in [-0.05, 0) is 18.2 Å². The lowest BCUT2D eigenvalue weighted by atomic mass is 10.3. The molecule has 7 nitrogen and oxygen atoms in total. The molecule has 0 unspecified atom stereocenters. The van der Waals surface area contributed by atoms with E-state index < -0.39 is 15.9 Å². The zero-order chi connectivity index (χ0) is 16.8. The van der Waals surface area contributed by atoms with Crippen LogP contribution in [0.25, 0.3) is 0 Å². The van der Waals surface area contributed by atoms with Crippen molar-refractivity contribution in [2.75, 3.05) is 41.0 Å². The first-order valence-corrected chi connectivity index (χ1v) is 8.20. The Balaban J connectivity index is 2.80. The molecule has 0 aliphatic carbocycles. The third-order valence-electron chi connectivity index (χ3n) is 2.83. The number of sulfonamides is 1. The molecule has 124 valence electrons. The molecule has 0 aromatic heterocycles. The fourth-order valence-electron chi connectivity index (χ4n) is 1.62. The molecular formula is C13H19ClN2O5S. The van der Waals surface area contributed by atoms with E-state index in [0.717, 1.165) is 4.31 Å². The molecule has 1 N–H and O–H groups in total. The van der Waals surface area contributed by atoms with Crippen LogP contribution in [0.3, 0.4) is 0 Å². The molecule has 1 amide bonds. The number of halogens is 1. The zero-order valence-electron chi connectivity index (χ0n) is 12.6. The first-order chi connectivity index (χ1) is 10.3. The first-order valence-electron chi connectivity index (χ1n) is 6.38. The molecule has 0 aliphatic rings. The van der Waals surface area contributed by atoms with Crippen LogP contribution in [0, 0.1) is 0 Å². The third-order valence-corrected chi connectivity index (χ3v) is 4.92. The number of carbonyl (C=O) groups excluding carboxylic acids is 1. The molecule has 1 rings (SSSR count). The molecule has 0 atom stereocenters. The van der Waals surface area contributed by atoms with E-state index in [-0.39, 0.29) is 16.5 Å². The smallest absolute Gasteiger partial charge is 0.243 e. The molecule has 0 spiro atoms. The average Bonchev–Trinajstić information content (AvgIpc) is 2.47. The highest BCUT2D eigenvalue weighted by molar-refractivity contribution is 7.89. The topological polar surface area (TPSA) is 84.9 Å². The van der Waals surface area contributed by atoms with Gasteiger partial charge in [0, 0.05) is 20.7 Å². The molecule has 1 aromatic carbocycles. The SMILES string of the molecule is COCCNC(=O)CN(C)S(=O)(=O)c1ccc(OC)c(Cl)c1. The second kappa shape index (κ2) is 8.33. The van der Waals surface area contributed by atoms with Crippen LogP contribution < -0.4 is 10.1 Å². The minimum absolute atomic E-state index is 0.00880. The second-order valence-electron chi connectivity index (χ2n) is 4.40. The summed E-state index contributed by atoms with van der Waals surface area (Å²) in [7, 11) is 0.458. The Morgan fingerprint density at radius 2 is 2.05 bits per heavy atom. The number of methoxy groups -OCH3 is 2. The third kappa shape index (κ3) is 4.84. The zero-order valence-corrected chi connectivity index (χ0v) is 14.2. The van der Waals surface area contributed by atoms with Crippen LogP contribution in [0.2, 0.25) is 5.02 Å². The maximum atomic E-state index is 12.4. The molecule has 0 fully saturated rings. The standard InChI is InChI=1S/C13H19ClN2O5S/c1-16(9-13(17)15-6-7-20-2)22(18,19)10-4-5-12(21-3)11(14)8-10/h4-5,8H,6-7,9H2,1-3H3,(H,15,17). The van der Waals surface area contributed by atoms with Crippen molar-refractivity contribution in [2.45, 2.75) is 4.90 Å². The minimum Gasteiger partial charge on any atom is -0.495 e. The highest BCUT2D eigenvalue weighted by Crippen LogP contribution is 2.27. The molecule has 0 heterocycles. The Morgan fingerprint density at radius 1 is 1.36 bits per heavy atom. The van der Waals surface area contributed by atoms with Crippen LogP contribution in [0.1, 0.15) is 0 Å². The highest BCUT2D eigenvalue weighted by atomic mass is 35.5. The van der Waals surface area contributed by atoms with Gasteiger partial charge in [0.05, 0.1) is 30.2 Å². The number of hydrogen-bond donors (Lipinski definition) is 1. The van der Waals surface area contributed by atoms with E-state index in [1.165, 1.54) is 39.5 Å². The normalized spacial score (nSPS) is 11.5. The van der Waals surface area contributed by atoms with E-state index in [4.69, 9.17) is 21.1 Å². The van der Waals surface area contributed by atoms with Crippen LogP contribution in [-0.2, 0) is 19.6 Å². The van der Waals surface area contributed by atoms with Gasteiger partial charge in [-0.2, -0.15) is 4.31 Å². The van der Waals surface area contributed by atoms with Gasteiger partial charge in [-0.15, -0.1) is 0 Å². The van der Waals surface area contributed by atoms with Crippen molar-refractivity contribution in [3.05, 3.63) is 23.2 Å². The van der Waals surface area contributed by atoms with Crippen LogP contribution in [0.5, 0.6) is 5.75 Å². The Bertz CT molecular complexity index is 621. The summed E-state index contributed by atoms with van der Waals surface area (Å²) in [6, 6.07) is 4.12. The van der Waals surface area contributed by atoms with Gasteiger partial charge in [-0.1, -0.05) is 11.6 Å². The second-order valence-corrected chi connectivity index (χ2v) is 6.85. The molecule has 22 heavy (non-hydrogen) atoms. The largest absolute Gasteiger partial charge is 0.495 e. The monoisotopic (exact) mass is 350 g/mol. The van der Waals surface area contributed by atoms with Crippen molar-refractivity contribution in [3.8, 4) is 5.75 Å². The van der Waals surface area contributed by atoms with Gasteiger partial charge in [-0.3, -0.25) is 4.79 Å². The molecular weight excluding hydrogens is 332 g/mol. The molecule has 1 aromatic rings. The predicted octanol–water partition coefficient (Wildman–Crippen LogP) is 0.732. The van der Waals surface area contributed by atoms with Gasteiger partial charge >= 0.3 is 0 Å². The lowest BCUT2D eigenvalue weighted by Gasteiger charge is -2.17. The van der Waals surface area contributed by atoms with Crippen molar-refractivity contribution in [1.29, 1.82) is 0 Å². The van der Waals surface area contributed by atoms with Gasteiger partial charge in [-0.25, -0.2) is 8.42 Å². The van der Waals surface area contributed by atoms with Gasteiger partial charge < -0.3 is 14.8 Å². The van der Waals surface area contributed by atoms with E-state index in [1.54, 1.807) is 0 Å². The summed E-state index contributed by atoms with van der Waals surface area (Å²) in [5.41, 5.74) is 0. The van der Waals surface area contributed by atoms with Crippen molar-refractivity contribution < 1.29 is 22.7 Å². The Morgan fingerprint density at radius 3 is 2.59 bits per heavy atom. The summed E-state index contributed by atoms with van der Waals surface area (Å²) in [6.45, 7) is 0.379. The predicted molar refractivity (Wildman–Crippen MR) is 82.7 cm³/mol. The van der Waals surface area contributed by atoms with Gasteiger partial charge in [0.15, 0.2) is 0 Å². The Hall–Kier alpha value is -1.35. The van der Waals surface area contributed by atoms with E-state index in [9.17, 15) is 13.2 Å². The van der Waals surface area contributed by atoms with E-state index in [2.05, 4.69) is 5.32 Å². The number of amides is 1. The number of nitrogens with zero attached hydrogens (tertiary/aromatic N) is 1. The van der Waals surface area contributed by atoms with Gasteiger partial charge in [0.25, 0.3) is 0 Å². The Labute approximate surface area is 135 Å².